The molecule has 2 atom stereocenters. The molecule has 0 spiro atoms. The number of hydrogen-bond acceptors (Lipinski definition) is 3. The van der Waals surface area contributed by atoms with Crippen molar-refractivity contribution in [1.82, 2.24) is 0 Å². The summed E-state index contributed by atoms with van der Waals surface area (Å²) < 4.78 is 10.7. The second-order valence-corrected chi connectivity index (χ2v) is 5.04. The van der Waals surface area contributed by atoms with Gasteiger partial charge in [-0.2, -0.15) is 0 Å². The van der Waals surface area contributed by atoms with Gasteiger partial charge in [-0.15, -0.1) is 0 Å². The zero-order valence-electron chi connectivity index (χ0n) is 5.79. The number of carboxylic acids is 1. The van der Waals surface area contributed by atoms with E-state index in [0.717, 1.165) is 0 Å². The molecule has 0 fully saturated rings. The van der Waals surface area contributed by atoms with E-state index in [0.29, 0.717) is 6.42 Å². The molecule has 66 valence electrons. The topological polar surface area (TPSA) is 74.6 Å². The third-order valence-corrected chi connectivity index (χ3v) is 3.17. The first-order valence-electron chi connectivity index (χ1n) is 3.07. The molecule has 0 radical (unpaired) electrons. The lowest BCUT2D eigenvalue weighted by Crippen LogP contribution is -2.13. The Kier molecular flexibility index (Phi) is 5.82. The molecule has 11 heavy (non-hydrogen) atoms. The summed E-state index contributed by atoms with van der Waals surface area (Å²) in [5.41, 5.74) is 0. The van der Waals surface area contributed by atoms with Crippen molar-refractivity contribution < 1.29 is 19.6 Å². The van der Waals surface area contributed by atoms with Gasteiger partial charge in [0, 0.05) is 6.16 Å². The Labute approximate surface area is 73.5 Å². The third-order valence-electron chi connectivity index (χ3n) is 1.12. The van der Waals surface area contributed by atoms with Crippen molar-refractivity contribution in [3.63, 3.8) is 0 Å². The highest BCUT2D eigenvalue weighted by Gasteiger charge is 2.13. The number of rotatable bonds is 5. The Hall–Kier alpha value is 0.140. The van der Waals surface area contributed by atoms with Crippen LogP contribution in [0.25, 0.3) is 0 Å². The van der Waals surface area contributed by atoms with Crippen LogP contribution in [0.1, 0.15) is 6.42 Å². The van der Waals surface area contributed by atoms with Crippen LogP contribution in [0.15, 0.2) is 0 Å². The van der Waals surface area contributed by atoms with Crippen LogP contribution < -0.4 is 0 Å². The summed E-state index contributed by atoms with van der Waals surface area (Å²) in [7, 11) is -1.94. The molecule has 0 heterocycles. The molecule has 0 amide bonds. The summed E-state index contributed by atoms with van der Waals surface area (Å²) in [6.45, 7) is 0. The van der Waals surface area contributed by atoms with E-state index in [1.807, 2.05) is 0 Å². The predicted molar refractivity (Wildman–Crippen MR) is 45.9 cm³/mol. The third kappa shape index (κ3) is 5.41. The molecule has 2 N–H and O–H groups in total. The number of carboxylic acid groups (broad SMARTS) is 1. The Balaban J connectivity index is 3.54. The van der Waals surface area contributed by atoms with Crippen molar-refractivity contribution in [2.45, 2.75) is 11.2 Å². The summed E-state index contributed by atoms with van der Waals surface area (Å²) in [6.07, 6.45) is 0.251. The molecule has 0 aliphatic heterocycles. The summed E-state index contributed by atoms with van der Waals surface area (Å²) in [6, 6.07) is 0. The highest BCUT2D eigenvalue weighted by atomic mass is 79.9. The van der Waals surface area contributed by atoms with Crippen LogP contribution in [-0.4, -0.2) is 33.5 Å². The molecule has 4 nitrogen and oxygen atoms in total. The SMILES string of the molecule is O=C(O)C(Br)CC[PH](=O)CO. The molecule has 0 aromatic carbocycles. The zero-order chi connectivity index (χ0) is 8.85. The van der Waals surface area contributed by atoms with E-state index < -0.39 is 18.6 Å². The van der Waals surface area contributed by atoms with Crippen molar-refractivity contribution in [2.24, 2.45) is 0 Å². The van der Waals surface area contributed by atoms with Gasteiger partial charge in [0.15, 0.2) is 0 Å². The van der Waals surface area contributed by atoms with Crippen LogP contribution >= 0.6 is 23.7 Å². The molecule has 2 unspecified atom stereocenters. The second-order valence-electron chi connectivity index (χ2n) is 2.04. The van der Waals surface area contributed by atoms with Crippen molar-refractivity contribution in [3.8, 4) is 0 Å². The maximum atomic E-state index is 10.7. The Morgan fingerprint density at radius 3 is 2.55 bits per heavy atom. The fourth-order valence-electron chi connectivity index (χ4n) is 0.490. The van der Waals surface area contributed by atoms with Gasteiger partial charge in [-0.25, -0.2) is 0 Å². The fourth-order valence-corrected chi connectivity index (χ4v) is 1.91. The van der Waals surface area contributed by atoms with Crippen molar-refractivity contribution >= 4 is 29.7 Å². The van der Waals surface area contributed by atoms with Gasteiger partial charge in [-0.3, -0.25) is 4.79 Å². The minimum absolute atomic E-state index is 0.281. The lowest BCUT2D eigenvalue weighted by Gasteiger charge is -2.01. The lowest BCUT2D eigenvalue weighted by atomic mass is 10.3. The van der Waals surface area contributed by atoms with Gasteiger partial charge < -0.3 is 14.8 Å². The number of aliphatic carboxylic acids is 1. The first-order chi connectivity index (χ1) is 5.07. The molecular formula is C5H10BrO4P. The summed E-state index contributed by atoms with van der Waals surface area (Å²) >= 11 is 2.90. The number of hydrogen-bond donors (Lipinski definition) is 2. The van der Waals surface area contributed by atoms with Crippen LogP contribution in [-0.2, 0) is 9.36 Å². The van der Waals surface area contributed by atoms with Gasteiger partial charge in [0.05, 0.1) is 6.35 Å². The molecule has 0 saturated carbocycles. The van der Waals surface area contributed by atoms with Crippen LogP contribution in [0.4, 0.5) is 0 Å². The van der Waals surface area contributed by atoms with Gasteiger partial charge in [0.1, 0.15) is 12.6 Å². The Bertz CT molecular complexity index is 161. The van der Waals surface area contributed by atoms with E-state index in [1.54, 1.807) is 0 Å². The maximum Gasteiger partial charge on any atom is 0.317 e. The highest BCUT2D eigenvalue weighted by Crippen LogP contribution is 2.21. The quantitative estimate of drug-likeness (QED) is 0.553. The first-order valence-corrected chi connectivity index (χ1v) is 5.81. The summed E-state index contributed by atoms with van der Waals surface area (Å²) in [5, 5.41) is 16.7. The second kappa shape index (κ2) is 5.75. The summed E-state index contributed by atoms with van der Waals surface area (Å²) in [5.74, 6) is -0.960. The van der Waals surface area contributed by atoms with Gasteiger partial charge in [-0.05, 0) is 6.42 Å². The molecule has 0 aromatic rings. The van der Waals surface area contributed by atoms with E-state index in [4.69, 9.17) is 10.2 Å². The average Bonchev–Trinajstić information content (AvgIpc) is 1.99. The van der Waals surface area contributed by atoms with Crippen LogP contribution in [0.2, 0.25) is 0 Å². The van der Waals surface area contributed by atoms with Gasteiger partial charge in [0.25, 0.3) is 0 Å². The number of halogens is 1. The molecule has 0 saturated heterocycles. The molecule has 0 rings (SSSR count). The van der Waals surface area contributed by atoms with Crippen LogP contribution in [0, 0.1) is 0 Å². The minimum atomic E-state index is -1.94. The van der Waals surface area contributed by atoms with E-state index in [1.165, 1.54) is 0 Å². The molecule has 0 aliphatic carbocycles. The predicted octanol–water partition coefficient (Wildman–Crippen LogP) is 0.734. The molecule has 0 aromatic heterocycles. The van der Waals surface area contributed by atoms with Crippen LogP contribution in [0.3, 0.4) is 0 Å². The highest BCUT2D eigenvalue weighted by molar-refractivity contribution is 9.10. The smallest absolute Gasteiger partial charge is 0.317 e. The fraction of sp³-hybridized carbons (Fsp3) is 0.800. The first kappa shape index (κ1) is 11.1. The Morgan fingerprint density at radius 1 is 1.64 bits per heavy atom. The molecule has 6 heteroatoms. The number of aliphatic hydroxyl groups excluding tert-OH is 1. The van der Waals surface area contributed by atoms with Crippen molar-refractivity contribution in [3.05, 3.63) is 0 Å². The Morgan fingerprint density at radius 2 is 2.18 bits per heavy atom. The van der Waals surface area contributed by atoms with E-state index in [-0.39, 0.29) is 12.5 Å². The number of carbonyl (C=O) groups is 1. The molecular weight excluding hydrogens is 235 g/mol. The van der Waals surface area contributed by atoms with Gasteiger partial charge >= 0.3 is 5.97 Å². The van der Waals surface area contributed by atoms with Crippen LogP contribution in [0.5, 0.6) is 0 Å². The monoisotopic (exact) mass is 244 g/mol. The van der Waals surface area contributed by atoms with E-state index in [9.17, 15) is 9.36 Å². The standard InChI is InChI=1S/C5H10BrO4P/c6-4(5(8)9)1-2-11(10)3-7/h4,7,11H,1-3H2,(H,8,9). The van der Waals surface area contributed by atoms with Gasteiger partial charge in [0.2, 0.25) is 0 Å². The summed E-state index contributed by atoms with van der Waals surface area (Å²) in [4.78, 5) is 9.55. The lowest BCUT2D eigenvalue weighted by molar-refractivity contribution is -0.136. The van der Waals surface area contributed by atoms with Crippen molar-refractivity contribution in [2.75, 3.05) is 12.5 Å². The number of aliphatic hydroxyl groups is 1. The van der Waals surface area contributed by atoms with Crippen molar-refractivity contribution in [1.29, 1.82) is 0 Å². The molecule has 0 bridgehead atoms. The zero-order valence-corrected chi connectivity index (χ0v) is 8.37. The average molecular weight is 245 g/mol. The van der Waals surface area contributed by atoms with E-state index >= 15 is 0 Å². The minimum Gasteiger partial charge on any atom is -0.480 e. The maximum absolute atomic E-state index is 10.7. The largest absolute Gasteiger partial charge is 0.480 e. The van der Waals surface area contributed by atoms with E-state index in [2.05, 4.69) is 15.9 Å². The normalized spacial score (nSPS) is 15.8. The molecule has 0 aliphatic rings. The van der Waals surface area contributed by atoms with Gasteiger partial charge in [-0.1, -0.05) is 15.9 Å². The number of alkyl halides is 1.